The molecule has 0 bridgehead atoms. The zero-order valence-electron chi connectivity index (χ0n) is 10.7. The van der Waals surface area contributed by atoms with Crippen molar-refractivity contribution >= 4 is 39.2 Å². The molecule has 0 aliphatic carbocycles. The van der Waals surface area contributed by atoms with Crippen molar-refractivity contribution in [3.8, 4) is 0 Å². The highest BCUT2D eigenvalue weighted by Gasteiger charge is 2.23. The lowest BCUT2D eigenvalue weighted by Gasteiger charge is -2.28. The average Bonchev–Trinajstić information content (AvgIpc) is 2.82. The van der Waals surface area contributed by atoms with Gasteiger partial charge < -0.3 is 16.0 Å². The number of aromatic nitrogens is 1. The van der Waals surface area contributed by atoms with Crippen LogP contribution < -0.4 is 11.1 Å². The Kier molecular flexibility index (Phi) is 4.90. The van der Waals surface area contributed by atoms with Crippen LogP contribution in [0.4, 0.5) is 0 Å². The minimum absolute atomic E-state index is 0. The molecule has 1 fully saturated rings. The number of benzene rings is 1. The third-order valence-corrected chi connectivity index (χ3v) is 4.42. The predicted molar refractivity (Wildman–Crippen MR) is 85.8 cm³/mol. The molecule has 104 valence electrons. The maximum absolute atomic E-state index is 6.47. The second-order valence-corrected chi connectivity index (χ2v) is 5.96. The van der Waals surface area contributed by atoms with Gasteiger partial charge in [0.2, 0.25) is 0 Å². The van der Waals surface area contributed by atoms with Crippen molar-refractivity contribution in [3.05, 3.63) is 34.4 Å². The summed E-state index contributed by atoms with van der Waals surface area (Å²) in [6.45, 7) is 2.18. The standard InChI is InChI=1S/C14H18BrN3.ClH/c15-10-1-2-13-11(7-10)12(8-18-13)14(16)9-3-5-17-6-4-9;/h1-2,7-9,14,17-18H,3-6,16H2;1H/t14-;/m1./s1. The predicted octanol–water partition coefficient (Wildman–Crippen LogP) is 3.35. The number of nitrogens with one attached hydrogen (secondary N) is 2. The van der Waals surface area contributed by atoms with Crippen LogP contribution in [0.15, 0.2) is 28.9 Å². The van der Waals surface area contributed by atoms with Crippen molar-refractivity contribution < 1.29 is 0 Å². The van der Waals surface area contributed by atoms with Crippen molar-refractivity contribution in [2.75, 3.05) is 13.1 Å². The van der Waals surface area contributed by atoms with Crippen LogP contribution in [0.25, 0.3) is 10.9 Å². The summed E-state index contributed by atoms with van der Waals surface area (Å²) in [5.74, 6) is 0.587. The van der Waals surface area contributed by atoms with Gasteiger partial charge in [-0.25, -0.2) is 0 Å². The van der Waals surface area contributed by atoms with E-state index in [1.807, 2.05) is 0 Å². The molecule has 1 aliphatic heterocycles. The molecule has 2 heterocycles. The van der Waals surface area contributed by atoms with E-state index in [9.17, 15) is 0 Å². The van der Waals surface area contributed by atoms with E-state index in [0.717, 1.165) is 23.1 Å². The van der Waals surface area contributed by atoms with Gasteiger partial charge in [0, 0.05) is 27.6 Å². The molecule has 19 heavy (non-hydrogen) atoms. The monoisotopic (exact) mass is 343 g/mol. The molecule has 0 amide bonds. The number of rotatable bonds is 2. The number of fused-ring (bicyclic) bond motifs is 1. The van der Waals surface area contributed by atoms with Gasteiger partial charge in [0.05, 0.1) is 0 Å². The van der Waals surface area contributed by atoms with Crippen molar-refractivity contribution in [2.24, 2.45) is 11.7 Å². The lowest BCUT2D eigenvalue weighted by Crippen LogP contribution is -2.33. The highest BCUT2D eigenvalue weighted by Crippen LogP contribution is 2.32. The summed E-state index contributed by atoms with van der Waals surface area (Å²) in [5.41, 5.74) is 8.88. The normalized spacial score (nSPS) is 18.2. The Bertz CT molecular complexity index is 549. The molecule has 0 saturated carbocycles. The van der Waals surface area contributed by atoms with E-state index >= 15 is 0 Å². The van der Waals surface area contributed by atoms with Gasteiger partial charge >= 0.3 is 0 Å². The Hall–Kier alpha value is -0.550. The van der Waals surface area contributed by atoms with Crippen LogP contribution in [0, 0.1) is 5.92 Å². The fourth-order valence-electron chi connectivity index (χ4n) is 2.85. The fraction of sp³-hybridized carbons (Fsp3) is 0.429. The molecule has 0 radical (unpaired) electrons. The van der Waals surface area contributed by atoms with Gasteiger partial charge in [0.25, 0.3) is 0 Å². The molecule has 1 aromatic carbocycles. The third kappa shape index (κ3) is 2.97. The van der Waals surface area contributed by atoms with Crippen LogP contribution in [-0.2, 0) is 0 Å². The first kappa shape index (κ1) is 14.9. The molecule has 1 aromatic heterocycles. The molecular weight excluding hydrogens is 326 g/mol. The summed E-state index contributed by atoms with van der Waals surface area (Å²) in [6, 6.07) is 6.44. The van der Waals surface area contributed by atoms with Gasteiger partial charge in [0.1, 0.15) is 0 Å². The van der Waals surface area contributed by atoms with Gasteiger partial charge in [-0.05, 0) is 55.6 Å². The maximum atomic E-state index is 6.47. The summed E-state index contributed by atoms with van der Waals surface area (Å²) in [6.07, 6.45) is 4.41. The average molecular weight is 345 g/mol. The molecule has 3 rings (SSSR count). The minimum Gasteiger partial charge on any atom is -0.361 e. The number of aromatic amines is 1. The summed E-state index contributed by atoms with van der Waals surface area (Å²) in [7, 11) is 0. The summed E-state index contributed by atoms with van der Waals surface area (Å²) in [4.78, 5) is 3.32. The van der Waals surface area contributed by atoms with Gasteiger partial charge in [-0.2, -0.15) is 0 Å². The van der Waals surface area contributed by atoms with Crippen LogP contribution in [0.1, 0.15) is 24.4 Å². The maximum Gasteiger partial charge on any atom is 0.0458 e. The largest absolute Gasteiger partial charge is 0.361 e. The van der Waals surface area contributed by atoms with Crippen LogP contribution in [0.3, 0.4) is 0 Å². The Labute approximate surface area is 127 Å². The Morgan fingerprint density at radius 1 is 1.26 bits per heavy atom. The van der Waals surface area contributed by atoms with Crippen molar-refractivity contribution in [1.82, 2.24) is 10.3 Å². The van der Waals surface area contributed by atoms with E-state index in [0.29, 0.717) is 5.92 Å². The van der Waals surface area contributed by atoms with Gasteiger partial charge in [-0.3, -0.25) is 0 Å². The van der Waals surface area contributed by atoms with Crippen LogP contribution >= 0.6 is 28.3 Å². The van der Waals surface area contributed by atoms with Crippen molar-refractivity contribution in [2.45, 2.75) is 18.9 Å². The summed E-state index contributed by atoms with van der Waals surface area (Å²) < 4.78 is 1.10. The van der Waals surface area contributed by atoms with E-state index in [1.54, 1.807) is 0 Å². The zero-order chi connectivity index (χ0) is 12.5. The molecule has 0 unspecified atom stereocenters. The first-order valence-corrected chi connectivity index (χ1v) is 7.28. The molecule has 1 aliphatic rings. The number of hydrogen-bond acceptors (Lipinski definition) is 2. The smallest absolute Gasteiger partial charge is 0.0458 e. The summed E-state index contributed by atoms with van der Waals surface area (Å²) >= 11 is 3.53. The van der Waals surface area contributed by atoms with Crippen molar-refractivity contribution in [3.63, 3.8) is 0 Å². The topological polar surface area (TPSA) is 53.8 Å². The minimum atomic E-state index is 0. The second kappa shape index (κ2) is 6.27. The van der Waals surface area contributed by atoms with Crippen LogP contribution in [0.2, 0.25) is 0 Å². The van der Waals surface area contributed by atoms with E-state index in [-0.39, 0.29) is 18.4 Å². The molecule has 0 spiro atoms. The number of halogens is 2. The Morgan fingerprint density at radius 2 is 2.00 bits per heavy atom. The van der Waals surface area contributed by atoms with Crippen molar-refractivity contribution in [1.29, 1.82) is 0 Å². The first-order chi connectivity index (χ1) is 8.75. The zero-order valence-corrected chi connectivity index (χ0v) is 13.1. The van der Waals surface area contributed by atoms with Gasteiger partial charge in [0.15, 0.2) is 0 Å². The number of H-pyrrole nitrogens is 1. The van der Waals surface area contributed by atoms with Gasteiger partial charge in [-0.1, -0.05) is 15.9 Å². The molecule has 3 nitrogen and oxygen atoms in total. The molecule has 5 heteroatoms. The number of piperidine rings is 1. The van der Waals surface area contributed by atoms with Crippen LogP contribution in [-0.4, -0.2) is 18.1 Å². The molecule has 4 N–H and O–H groups in total. The van der Waals surface area contributed by atoms with E-state index in [4.69, 9.17) is 5.73 Å². The van der Waals surface area contributed by atoms with E-state index in [2.05, 4.69) is 50.6 Å². The fourth-order valence-corrected chi connectivity index (χ4v) is 3.21. The number of hydrogen-bond donors (Lipinski definition) is 3. The molecule has 1 saturated heterocycles. The molecular formula is C14H19BrClN3. The third-order valence-electron chi connectivity index (χ3n) is 3.93. The highest BCUT2D eigenvalue weighted by molar-refractivity contribution is 9.10. The summed E-state index contributed by atoms with van der Waals surface area (Å²) in [5, 5.41) is 4.64. The first-order valence-electron chi connectivity index (χ1n) is 6.48. The quantitative estimate of drug-likeness (QED) is 0.782. The SMILES string of the molecule is Cl.N[C@@H](c1c[nH]c2ccc(Br)cc12)C1CCNCC1. The number of nitrogens with two attached hydrogens (primary N) is 1. The Balaban J connectivity index is 0.00000133. The molecule has 1 atom stereocenters. The van der Waals surface area contributed by atoms with E-state index in [1.165, 1.54) is 23.8 Å². The van der Waals surface area contributed by atoms with Gasteiger partial charge in [-0.15, -0.1) is 12.4 Å². The second-order valence-electron chi connectivity index (χ2n) is 5.05. The molecule has 2 aromatic rings. The lowest BCUT2D eigenvalue weighted by molar-refractivity contribution is 0.323. The van der Waals surface area contributed by atoms with Crippen LogP contribution in [0.5, 0.6) is 0 Å². The van der Waals surface area contributed by atoms with E-state index < -0.39 is 0 Å². The lowest BCUT2D eigenvalue weighted by atomic mass is 9.86. The highest BCUT2D eigenvalue weighted by atomic mass is 79.9. The Morgan fingerprint density at radius 3 is 2.74 bits per heavy atom.